The van der Waals surface area contributed by atoms with E-state index in [1.165, 1.54) is 0 Å². The van der Waals surface area contributed by atoms with Crippen molar-refractivity contribution < 1.29 is 28.5 Å². The summed E-state index contributed by atoms with van der Waals surface area (Å²) in [6.07, 6.45) is 1.09. The number of rotatable bonds is 0. The maximum absolute atomic E-state index is 12.4. The van der Waals surface area contributed by atoms with Crippen LogP contribution in [-0.4, -0.2) is 48.1 Å². The molecule has 0 aromatic heterocycles. The predicted molar refractivity (Wildman–Crippen MR) is 74.9 cm³/mol. The lowest BCUT2D eigenvalue weighted by Gasteiger charge is -2.37. The van der Waals surface area contributed by atoms with Gasteiger partial charge in [-0.25, -0.2) is 0 Å². The molecule has 0 saturated carbocycles. The van der Waals surface area contributed by atoms with E-state index in [9.17, 15) is 4.79 Å². The molecular weight excluding hydrogens is 288 g/mol. The number of ether oxygens (including phenoxy) is 5. The van der Waals surface area contributed by atoms with Crippen molar-refractivity contribution in [2.24, 2.45) is 5.92 Å². The fourth-order valence-corrected chi connectivity index (χ4v) is 4.25. The van der Waals surface area contributed by atoms with Crippen molar-refractivity contribution in [2.45, 2.75) is 89.1 Å². The number of esters is 1. The second-order valence-corrected chi connectivity index (χ2v) is 7.64. The Kier molecular flexibility index (Phi) is 3.15. The first-order valence-electron chi connectivity index (χ1n) is 8.18. The summed E-state index contributed by atoms with van der Waals surface area (Å²) in [6, 6.07) is 0. The average Bonchev–Trinajstić information content (AvgIpc) is 2.88. The number of fused-ring (bicyclic) bond motifs is 8. The van der Waals surface area contributed by atoms with Crippen molar-refractivity contribution in [3.8, 4) is 0 Å². The van der Waals surface area contributed by atoms with Crippen LogP contribution in [-0.2, 0) is 28.5 Å². The van der Waals surface area contributed by atoms with Crippen molar-refractivity contribution in [3.63, 3.8) is 0 Å². The van der Waals surface area contributed by atoms with E-state index in [-0.39, 0.29) is 36.3 Å². The third-order valence-electron chi connectivity index (χ3n) is 4.99. The van der Waals surface area contributed by atoms with Crippen LogP contribution in [0, 0.1) is 5.92 Å². The molecule has 0 N–H and O–H groups in total. The third kappa shape index (κ3) is 2.28. The van der Waals surface area contributed by atoms with E-state index >= 15 is 0 Å². The third-order valence-corrected chi connectivity index (χ3v) is 4.99. The van der Waals surface area contributed by atoms with Gasteiger partial charge in [-0.2, -0.15) is 0 Å². The summed E-state index contributed by atoms with van der Waals surface area (Å²) in [6.45, 7) is 7.55. The normalized spacial score (nSPS) is 48.8. The van der Waals surface area contributed by atoms with Crippen molar-refractivity contribution in [1.82, 2.24) is 0 Å². The Morgan fingerprint density at radius 2 is 1.45 bits per heavy atom. The van der Waals surface area contributed by atoms with E-state index in [0.717, 1.165) is 19.3 Å². The second-order valence-electron chi connectivity index (χ2n) is 7.64. The highest BCUT2D eigenvalue weighted by Crippen LogP contribution is 2.46. The molecule has 4 rings (SSSR count). The van der Waals surface area contributed by atoms with Crippen LogP contribution < -0.4 is 0 Å². The predicted octanol–water partition coefficient (Wildman–Crippen LogP) is 1.75. The smallest absolute Gasteiger partial charge is 0.312 e. The van der Waals surface area contributed by atoms with Crippen molar-refractivity contribution in [2.75, 3.05) is 0 Å². The van der Waals surface area contributed by atoms with Crippen LogP contribution >= 0.6 is 0 Å². The molecule has 22 heavy (non-hydrogen) atoms. The molecule has 0 aromatic carbocycles. The summed E-state index contributed by atoms with van der Waals surface area (Å²) in [7, 11) is 0. The molecule has 2 bridgehead atoms. The minimum Gasteiger partial charge on any atom is -0.456 e. The first-order valence-corrected chi connectivity index (χ1v) is 8.18. The monoisotopic (exact) mass is 312 g/mol. The molecule has 6 heteroatoms. The largest absolute Gasteiger partial charge is 0.456 e. The Balaban J connectivity index is 1.71. The van der Waals surface area contributed by atoms with Gasteiger partial charge >= 0.3 is 5.97 Å². The van der Waals surface area contributed by atoms with Gasteiger partial charge in [-0.3, -0.25) is 4.79 Å². The number of carbonyl (C=O) groups excluding carboxylic acids is 1. The molecule has 124 valence electrons. The van der Waals surface area contributed by atoms with Crippen molar-refractivity contribution in [3.05, 3.63) is 0 Å². The van der Waals surface area contributed by atoms with Gasteiger partial charge in [0.05, 0.1) is 12.0 Å². The fraction of sp³-hybridized carbons (Fsp3) is 0.938. The standard InChI is InChI=1S/C16H24O6/c1-15(2)19-9-7-5-6-8-10-13(22-16(3,4)20-10)12(11(9)21-15)18-14(8)17/h8-13H,5-7H2,1-4H3/t8-,9+,10-,11+,12+,13-/m0/s1. The minimum absolute atomic E-state index is 0.0717. The lowest BCUT2D eigenvalue weighted by molar-refractivity contribution is -0.203. The van der Waals surface area contributed by atoms with Gasteiger partial charge in [-0.05, 0) is 47.0 Å². The Morgan fingerprint density at radius 1 is 0.818 bits per heavy atom. The molecule has 0 spiro atoms. The molecule has 4 aliphatic heterocycles. The lowest BCUT2D eigenvalue weighted by Crippen LogP contribution is -2.56. The van der Waals surface area contributed by atoms with Crippen molar-refractivity contribution >= 4 is 5.97 Å². The molecule has 6 nitrogen and oxygen atoms in total. The van der Waals surface area contributed by atoms with E-state index in [4.69, 9.17) is 23.7 Å². The summed E-state index contributed by atoms with van der Waals surface area (Å²) in [5, 5.41) is 0. The first kappa shape index (κ1) is 14.9. The Labute approximate surface area is 130 Å². The Bertz CT molecular complexity index is 483. The molecular formula is C16H24O6. The van der Waals surface area contributed by atoms with Crippen LogP contribution in [0.5, 0.6) is 0 Å². The van der Waals surface area contributed by atoms with Gasteiger partial charge in [0.15, 0.2) is 17.7 Å². The van der Waals surface area contributed by atoms with Gasteiger partial charge in [0, 0.05) is 0 Å². The molecule has 0 radical (unpaired) electrons. The Hall–Kier alpha value is -0.690. The van der Waals surface area contributed by atoms with E-state index in [1.54, 1.807) is 0 Å². The second kappa shape index (κ2) is 4.66. The molecule has 0 aliphatic carbocycles. The fourth-order valence-electron chi connectivity index (χ4n) is 4.25. The summed E-state index contributed by atoms with van der Waals surface area (Å²) < 4.78 is 29.9. The molecule has 0 unspecified atom stereocenters. The van der Waals surface area contributed by atoms with Crippen LogP contribution in [0.3, 0.4) is 0 Å². The molecule has 4 heterocycles. The average molecular weight is 312 g/mol. The lowest BCUT2D eigenvalue weighted by atomic mass is 9.88. The summed E-state index contributed by atoms with van der Waals surface area (Å²) in [5.74, 6) is -1.82. The van der Waals surface area contributed by atoms with Gasteiger partial charge in [0.25, 0.3) is 0 Å². The van der Waals surface area contributed by atoms with E-state index < -0.39 is 17.7 Å². The van der Waals surface area contributed by atoms with Gasteiger partial charge in [-0.15, -0.1) is 0 Å². The highest BCUT2D eigenvalue weighted by Gasteiger charge is 2.61. The van der Waals surface area contributed by atoms with Gasteiger partial charge < -0.3 is 23.7 Å². The van der Waals surface area contributed by atoms with E-state index in [1.807, 2.05) is 27.7 Å². The maximum atomic E-state index is 12.4. The van der Waals surface area contributed by atoms with Crippen molar-refractivity contribution in [1.29, 1.82) is 0 Å². The zero-order valence-corrected chi connectivity index (χ0v) is 13.5. The van der Waals surface area contributed by atoms with Crippen LogP contribution in [0.1, 0.15) is 47.0 Å². The summed E-state index contributed by atoms with van der Waals surface area (Å²) >= 11 is 0. The van der Waals surface area contributed by atoms with Gasteiger partial charge in [0.1, 0.15) is 18.3 Å². The van der Waals surface area contributed by atoms with Gasteiger partial charge in [-0.1, -0.05) is 0 Å². The molecule has 6 atom stereocenters. The number of hydrogen-bond donors (Lipinski definition) is 0. The molecule has 0 aromatic rings. The zero-order chi connectivity index (χ0) is 15.7. The van der Waals surface area contributed by atoms with Crippen LogP contribution in [0.15, 0.2) is 0 Å². The molecule has 4 fully saturated rings. The zero-order valence-electron chi connectivity index (χ0n) is 13.5. The highest BCUT2D eigenvalue weighted by atomic mass is 16.8. The van der Waals surface area contributed by atoms with E-state index in [2.05, 4.69) is 0 Å². The quantitative estimate of drug-likeness (QED) is 0.635. The molecule has 4 aliphatic rings. The molecule has 0 amide bonds. The molecule has 4 saturated heterocycles. The Morgan fingerprint density at radius 3 is 2.23 bits per heavy atom. The number of carbonyl (C=O) groups is 1. The van der Waals surface area contributed by atoms with Crippen LogP contribution in [0.2, 0.25) is 0 Å². The van der Waals surface area contributed by atoms with E-state index in [0.29, 0.717) is 0 Å². The maximum Gasteiger partial charge on any atom is 0.312 e. The first-order chi connectivity index (χ1) is 10.3. The number of hydrogen-bond acceptors (Lipinski definition) is 6. The highest BCUT2D eigenvalue weighted by molar-refractivity contribution is 5.74. The van der Waals surface area contributed by atoms with Crippen LogP contribution in [0.25, 0.3) is 0 Å². The SMILES string of the molecule is CC1(C)O[C@@H]2[C@@H]3OC(=O)[C@@H](CCC[C@H]4OC(C)(C)O[C@@H]34)[C@@H]2O1. The summed E-state index contributed by atoms with van der Waals surface area (Å²) in [5.41, 5.74) is 0. The summed E-state index contributed by atoms with van der Waals surface area (Å²) in [4.78, 5) is 12.4. The van der Waals surface area contributed by atoms with Gasteiger partial charge in [0.2, 0.25) is 0 Å². The van der Waals surface area contributed by atoms with Crippen LogP contribution in [0.4, 0.5) is 0 Å². The minimum atomic E-state index is -0.705. The topological polar surface area (TPSA) is 63.2 Å².